The van der Waals surface area contributed by atoms with Crippen LogP contribution in [0.4, 0.5) is 10.1 Å². The number of aromatic nitrogens is 1. The molecule has 0 fully saturated rings. The molecule has 0 unspecified atom stereocenters. The molecule has 5 nitrogen and oxygen atoms in total. The second-order valence-corrected chi connectivity index (χ2v) is 5.94. The van der Waals surface area contributed by atoms with Crippen LogP contribution in [0.15, 0.2) is 40.9 Å². The van der Waals surface area contributed by atoms with Crippen molar-refractivity contribution in [1.82, 2.24) is 5.16 Å². The van der Waals surface area contributed by atoms with E-state index in [0.29, 0.717) is 0 Å². The minimum Gasteiger partial charge on any atom is -0.506 e. The number of halogens is 2. The molecule has 1 amide bonds. The lowest BCUT2D eigenvalue weighted by atomic mass is 10.0. The van der Waals surface area contributed by atoms with Crippen LogP contribution in [0, 0.1) is 19.7 Å². The van der Waals surface area contributed by atoms with Gasteiger partial charge in [0.05, 0.1) is 16.3 Å². The molecular weight excluding hydrogens is 347 g/mol. The van der Waals surface area contributed by atoms with Gasteiger partial charge in [-0.3, -0.25) is 4.79 Å². The molecule has 0 spiro atoms. The SMILES string of the molecule is Cc1ccc(NC(=O)c2c(-c3c(F)cccc3Cl)noc2C)c(O)c1. The number of amides is 1. The molecule has 1 heterocycles. The number of carbonyl (C=O) groups excluding carboxylic acids is 1. The first-order chi connectivity index (χ1) is 11.9. The highest BCUT2D eigenvalue weighted by molar-refractivity contribution is 6.33. The van der Waals surface area contributed by atoms with Gasteiger partial charge in [-0.05, 0) is 43.7 Å². The van der Waals surface area contributed by atoms with Crippen LogP contribution in [0.3, 0.4) is 0 Å². The number of phenols is 1. The molecule has 0 saturated heterocycles. The summed E-state index contributed by atoms with van der Waals surface area (Å²) < 4.78 is 19.3. The van der Waals surface area contributed by atoms with Crippen LogP contribution < -0.4 is 5.32 Å². The quantitative estimate of drug-likeness (QED) is 0.663. The zero-order chi connectivity index (χ0) is 18.1. The highest BCUT2D eigenvalue weighted by Crippen LogP contribution is 2.34. The van der Waals surface area contributed by atoms with Gasteiger partial charge < -0.3 is 14.9 Å². The molecule has 0 aliphatic rings. The molecule has 25 heavy (non-hydrogen) atoms. The number of carbonyl (C=O) groups is 1. The van der Waals surface area contributed by atoms with Crippen LogP contribution >= 0.6 is 11.6 Å². The molecule has 0 atom stereocenters. The zero-order valence-electron chi connectivity index (χ0n) is 13.4. The minimum atomic E-state index is -0.618. The Bertz CT molecular complexity index is 949. The summed E-state index contributed by atoms with van der Waals surface area (Å²) in [5.41, 5.74) is 1.10. The summed E-state index contributed by atoms with van der Waals surface area (Å²) in [7, 11) is 0. The Labute approximate surface area is 148 Å². The normalized spacial score (nSPS) is 10.7. The highest BCUT2D eigenvalue weighted by atomic mass is 35.5. The van der Waals surface area contributed by atoms with Gasteiger partial charge in [0, 0.05) is 0 Å². The molecule has 0 radical (unpaired) electrons. The molecule has 7 heteroatoms. The van der Waals surface area contributed by atoms with Crippen molar-refractivity contribution in [3.05, 3.63) is 64.1 Å². The van der Waals surface area contributed by atoms with Gasteiger partial charge in [0.1, 0.15) is 28.6 Å². The van der Waals surface area contributed by atoms with E-state index >= 15 is 0 Å². The molecule has 128 valence electrons. The standard InChI is InChI=1S/C18H14ClFN2O3/c1-9-6-7-13(14(23)8-9)21-18(24)15-10(2)25-22-17(15)16-11(19)4-3-5-12(16)20/h3-8,23H,1-2H3,(H,21,24). The first-order valence-electron chi connectivity index (χ1n) is 7.40. The lowest BCUT2D eigenvalue weighted by molar-refractivity contribution is 0.102. The largest absolute Gasteiger partial charge is 0.506 e. The molecule has 0 aliphatic heterocycles. The zero-order valence-corrected chi connectivity index (χ0v) is 14.2. The van der Waals surface area contributed by atoms with Gasteiger partial charge in [0.25, 0.3) is 5.91 Å². The molecule has 0 bridgehead atoms. The van der Waals surface area contributed by atoms with E-state index in [0.717, 1.165) is 5.56 Å². The van der Waals surface area contributed by atoms with E-state index in [1.165, 1.54) is 31.2 Å². The van der Waals surface area contributed by atoms with E-state index in [1.54, 1.807) is 12.1 Å². The summed E-state index contributed by atoms with van der Waals surface area (Å²) in [6.07, 6.45) is 0. The molecule has 0 saturated carbocycles. The molecule has 2 N–H and O–H groups in total. The van der Waals surface area contributed by atoms with Crippen molar-refractivity contribution in [2.24, 2.45) is 0 Å². The number of benzene rings is 2. The van der Waals surface area contributed by atoms with Gasteiger partial charge in [-0.1, -0.05) is 28.9 Å². The first kappa shape index (κ1) is 17.0. The molecule has 3 aromatic rings. The van der Waals surface area contributed by atoms with E-state index in [4.69, 9.17) is 16.1 Å². The number of nitrogens with zero attached hydrogens (tertiary/aromatic N) is 1. The fourth-order valence-corrected chi connectivity index (χ4v) is 2.72. The van der Waals surface area contributed by atoms with Gasteiger partial charge in [0.15, 0.2) is 0 Å². The van der Waals surface area contributed by atoms with E-state index < -0.39 is 11.7 Å². The predicted octanol–water partition coefficient (Wildman–Crippen LogP) is 4.71. The number of anilines is 1. The summed E-state index contributed by atoms with van der Waals surface area (Å²) in [6.45, 7) is 3.35. The van der Waals surface area contributed by atoms with Crippen LogP contribution in [-0.2, 0) is 0 Å². The maximum atomic E-state index is 14.2. The third kappa shape index (κ3) is 3.21. The summed E-state index contributed by atoms with van der Waals surface area (Å²) in [5.74, 6) is -1.08. The van der Waals surface area contributed by atoms with Crippen molar-refractivity contribution < 1.29 is 18.8 Å². The van der Waals surface area contributed by atoms with Crippen LogP contribution in [0.2, 0.25) is 5.02 Å². The second kappa shape index (κ2) is 6.57. The van der Waals surface area contributed by atoms with Gasteiger partial charge in [0.2, 0.25) is 0 Å². The van der Waals surface area contributed by atoms with Crippen molar-refractivity contribution in [2.75, 3.05) is 5.32 Å². The molecule has 0 aliphatic carbocycles. The van der Waals surface area contributed by atoms with Crippen molar-refractivity contribution in [2.45, 2.75) is 13.8 Å². The number of nitrogens with one attached hydrogen (secondary N) is 1. The third-order valence-electron chi connectivity index (χ3n) is 3.69. The maximum Gasteiger partial charge on any atom is 0.261 e. The van der Waals surface area contributed by atoms with E-state index in [9.17, 15) is 14.3 Å². The lowest BCUT2D eigenvalue weighted by Gasteiger charge is -2.09. The number of phenolic OH excluding ortho intramolecular Hbond substituents is 1. The summed E-state index contributed by atoms with van der Waals surface area (Å²) in [4.78, 5) is 12.7. The Morgan fingerprint density at radius 3 is 2.72 bits per heavy atom. The van der Waals surface area contributed by atoms with Gasteiger partial charge in [-0.25, -0.2) is 4.39 Å². The van der Waals surface area contributed by atoms with Crippen molar-refractivity contribution in [3.8, 4) is 17.0 Å². The topological polar surface area (TPSA) is 75.4 Å². The molecular formula is C18H14ClFN2O3. The van der Waals surface area contributed by atoms with Gasteiger partial charge in [-0.2, -0.15) is 0 Å². The van der Waals surface area contributed by atoms with Crippen molar-refractivity contribution in [3.63, 3.8) is 0 Å². The van der Waals surface area contributed by atoms with E-state index in [-0.39, 0.29) is 39.0 Å². The van der Waals surface area contributed by atoms with Crippen LogP contribution in [0.5, 0.6) is 5.75 Å². The Morgan fingerprint density at radius 2 is 2.04 bits per heavy atom. The smallest absolute Gasteiger partial charge is 0.261 e. The maximum absolute atomic E-state index is 14.2. The number of rotatable bonds is 3. The number of aryl methyl sites for hydroxylation is 2. The van der Waals surface area contributed by atoms with E-state index in [1.807, 2.05) is 6.92 Å². The number of hydrogen-bond donors (Lipinski definition) is 2. The van der Waals surface area contributed by atoms with Crippen LogP contribution in [0.25, 0.3) is 11.3 Å². The fraction of sp³-hybridized carbons (Fsp3) is 0.111. The number of aromatic hydroxyl groups is 1. The first-order valence-corrected chi connectivity index (χ1v) is 7.78. The minimum absolute atomic E-state index is 0.00435. The van der Waals surface area contributed by atoms with Gasteiger partial charge in [-0.15, -0.1) is 0 Å². The lowest BCUT2D eigenvalue weighted by Crippen LogP contribution is -2.14. The Morgan fingerprint density at radius 1 is 1.28 bits per heavy atom. The average molecular weight is 361 g/mol. The van der Waals surface area contributed by atoms with Gasteiger partial charge >= 0.3 is 0 Å². The van der Waals surface area contributed by atoms with Crippen LogP contribution in [-0.4, -0.2) is 16.2 Å². The fourth-order valence-electron chi connectivity index (χ4n) is 2.47. The van der Waals surface area contributed by atoms with E-state index in [2.05, 4.69) is 10.5 Å². The second-order valence-electron chi connectivity index (χ2n) is 5.53. The Hall–Kier alpha value is -2.86. The summed E-state index contributed by atoms with van der Waals surface area (Å²) in [5, 5.41) is 16.4. The van der Waals surface area contributed by atoms with Crippen molar-refractivity contribution >= 4 is 23.2 Å². The van der Waals surface area contributed by atoms with Crippen LogP contribution in [0.1, 0.15) is 21.7 Å². The Balaban J connectivity index is 2.03. The summed E-state index contributed by atoms with van der Waals surface area (Å²) >= 11 is 6.06. The molecule has 2 aromatic carbocycles. The number of hydrogen-bond acceptors (Lipinski definition) is 4. The Kier molecular flexibility index (Phi) is 4.46. The molecule has 1 aromatic heterocycles. The molecule has 3 rings (SSSR count). The predicted molar refractivity (Wildman–Crippen MR) is 92.4 cm³/mol. The average Bonchev–Trinajstić information content (AvgIpc) is 2.91. The van der Waals surface area contributed by atoms with Crippen molar-refractivity contribution in [1.29, 1.82) is 0 Å². The third-order valence-corrected chi connectivity index (χ3v) is 4.01. The summed E-state index contributed by atoms with van der Waals surface area (Å²) in [6, 6.07) is 9.00. The highest BCUT2D eigenvalue weighted by Gasteiger charge is 2.25. The monoisotopic (exact) mass is 360 g/mol.